The standard InChI is InChI=1S/C35H38Cl2F2N4O9S/c1-53(47,48)43(9-8-40-10-12-49-13-11-40)25-5-6-29-24(14-25)16-33(44)42(29)20-34(45)51-31(17-26-27(36)18-41(46)19-28(26)37)23-4-7-30(52-35(38)39)32(15-23)50-21-22-2-3-22/h4-7,14-15,18-19,22,31,35H,2-3,8-13,16-17,20-21H2,1H3. The van der Waals surface area contributed by atoms with Gasteiger partial charge in [0.2, 0.25) is 15.9 Å². The van der Waals surface area contributed by atoms with E-state index in [1.165, 1.54) is 27.4 Å². The fraction of sp³-hybridized carbons (Fsp3) is 0.457. The number of fused-ring (bicyclic) bond motifs is 1. The lowest BCUT2D eigenvalue weighted by atomic mass is 10.0. The van der Waals surface area contributed by atoms with Crippen molar-refractivity contribution in [2.75, 3.05) is 68.0 Å². The number of carbonyl (C=O) groups excluding carboxylic acids is 2. The Morgan fingerprint density at radius 2 is 1.81 bits per heavy atom. The Bertz CT molecular complexity index is 1930. The van der Waals surface area contributed by atoms with Crippen molar-refractivity contribution >= 4 is 56.5 Å². The Morgan fingerprint density at radius 1 is 1.09 bits per heavy atom. The van der Waals surface area contributed by atoms with Gasteiger partial charge in [0.05, 0.1) is 38.2 Å². The summed E-state index contributed by atoms with van der Waals surface area (Å²) in [6.45, 7) is -0.0833. The van der Waals surface area contributed by atoms with E-state index in [0.29, 0.717) is 60.1 Å². The molecular formula is C35H38Cl2F2N4O9S. The molecular weight excluding hydrogens is 761 g/mol. The summed E-state index contributed by atoms with van der Waals surface area (Å²) in [4.78, 5) is 30.3. The van der Waals surface area contributed by atoms with Crippen molar-refractivity contribution in [1.82, 2.24) is 4.90 Å². The molecule has 1 unspecified atom stereocenters. The number of hydrogen-bond donors (Lipinski definition) is 0. The maximum absolute atomic E-state index is 13.6. The third kappa shape index (κ3) is 9.97. The molecule has 0 N–H and O–H groups in total. The number of hydrogen-bond acceptors (Lipinski definition) is 10. The van der Waals surface area contributed by atoms with Gasteiger partial charge in [-0.05, 0) is 60.2 Å². The maximum atomic E-state index is 13.6. The predicted molar refractivity (Wildman–Crippen MR) is 191 cm³/mol. The molecule has 6 rings (SSSR count). The number of halogens is 4. The molecule has 2 fully saturated rings. The van der Waals surface area contributed by atoms with Crippen LogP contribution in [0.5, 0.6) is 11.5 Å². The van der Waals surface area contributed by atoms with E-state index in [-0.39, 0.29) is 59.0 Å². The Balaban J connectivity index is 1.23. The molecule has 0 radical (unpaired) electrons. The fourth-order valence-corrected chi connectivity index (χ4v) is 7.74. The Labute approximate surface area is 315 Å². The summed E-state index contributed by atoms with van der Waals surface area (Å²) in [5.41, 5.74) is 1.97. The topological polar surface area (TPSA) is 142 Å². The van der Waals surface area contributed by atoms with Crippen LogP contribution in [0.2, 0.25) is 10.0 Å². The van der Waals surface area contributed by atoms with Crippen LogP contribution in [-0.4, -0.2) is 90.6 Å². The number of morpholine rings is 1. The lowest BCUT2D eigenvalue weighted by molar-refractivity contribution is -0.605. The number of sulfonamides is 1. The monoisotopic (exact) mass is 798 g/mol. The molecule has 2 aliphatic heterocycles. The average molecular weight is 800 g/mol. The van der Waals surface area contributed by atoms with Crippen molar-refractivity contribution < 1.29 is 50.5 Å². The quantitative estimate of drug-likeness (QED) is 0.115. The van der Waals surface area contributed by atoms with E-state index >= 15 is 0 Å². The van der Waals surface area contributed by atoms with Gasteiger partial charge in [-0.2, -0.15) is 13.5 Å². The van der Waals surface area contributed by atoms with Gasteiger partial charge in [0.1, 0.15) is 22.7 Å². The second-order valence-electron chi connectivity index (χ2n) is 13.1. The molecule has 1 saturated carbocycles. The van der Waals surface area contributed by atoms with Gasteiger partial charge in [-0.25, -0.2) is 8.42 Å². The van der Waals surface area contributed by atoms with E-state index in [0.717, 1.165) is 31.5 Å². The number of nitrogens with zero attached hydrogens (tertiary/aromatic N) is 4. The number of amides is 1. The molecule has 53 heavy (non-hydrogen) atoms. The minimum atomic E-state index is -3.66. The molecule has 1 amide bonds. The van der Waals surface area contributed by atoms with E-state index in [2.05, 4.69) is 9.64 Å². The second-order valence-corrected chi connectivity index (χ2v) is 15.8. The number of carbonyl (C=O) groups is 2. The maximum Gasteiger partial charge on any atom is 0.387 e. The highest BCUT2D eigenvalue weighted by Crippen LogP contribution is 2.38. The van der Waals surface area contributed by atoms with Crippen LogP contribution in [0.1, 0.15) is 35.6 Å². The minimum absolute atomic E-state index is 0.00365. The number of ether oxygens (including phenoxy) is 4. The third-order valence-corrected chi connectivity index (χ3v) is 11.0. The molecule has 0 spiro atoms. The zero-order valence-electron chi connectivity index (χ0n) is 28.7. The first kappa shape index (κ1) is 38.8. The summed E-state index contributed by atoms with van der Waals surface area (Å²) < 4.78 is 75.6. The Morgan fingerprint density at radius 3 is 2.47 bits per heavy atom. The van der Waals surface area contributed by atoms with Crippen LogP contribution in [0.15, 0.2) is 48.8 Å². The van der Waals surface area contributed by atoms with Crippen LogP contribution in [0.3, 0.4) is 0 Å². The van der Waals surface area contributed by atoms with Crippen LogP contribution in [0.25, 0.3) is 0 Å². The minimum Gasteiger partial charge on any atom is -0.619 e. The number of anilines is 2. The van der Waals surface area contributed by atoms with Crippen LogP contribution in [0.4, 0.5) is 20.2 Å². The van der Waals surface area contributed by atoms with Gasteiger partial charge in [-0.3, -0.25) is 18.8 Å². The van der Waals surface area contributed by atoms with Gasteiger partial charge < -0.3 is 29.1 Å². The first-order chi connectivity index (χ1) is 25.2. The first-order valence-corrected chi connectivity index (χ1v) is 19.5. The third-order valence-electron chi connectivity index (χ3n) is 9.14. The molecule has 0 bridgehead atoms. The van der Waals surface area contributed by atoms with Gasteiger partial charge in [0, 0.05) is 43.9 Å². The highest BCUT2D eigenvalue weighted by molar-refractivity contribution is 7.92. The van der Waals surface area contributed by atoms with Crippen LogP contribution < -0.4 is 23.4 Å². The van der Waals surface area contributed by atoms with E-state index in [4.69, 9.17) is 37.4 Å². The number of benzene rings is 2. The van der Waals surface area contributed by atoms with Crippen LogP contribution in [-0.2, 0) is 41.9 Å². The van der Waals surface area contributed by atoms with Gasteiger partial charge in [0.15, 0.2) is 23.9 Å². The van der Waals surface area contributed by atoms with Crippen molar-refractivity contribution in [3.63, 3.8) is 0 Å². The lowest BCUT2D eigenvalue weighted by Gasteiger charge is -2.30. The lowest BCUT2D eigenvalue weighted by Crippen LogP contribution is -2.43. The molecule has 1 saturated heterocycles. The van der Waals surface area contributed by atoms with Gasteiger partial charge >= 0.3 is 12.6 Å². The summed E-state index contributed by atoms with van der Waals surface area (Å²) >= 11 is 12.7. The number of rotatable bonds is 16. The van der Waals surface area contributed by atoms with E-state index in [1.54, 1.807) is 18.2 Å². The summed E-state index contributed by atoms with van der Waals surface area (Å²) in [6.07, 6.45) is 3.87. The summed E-state index contributed by atoms with van der Waals surface area (Å²) in [7, 11) is -3.66. The molecule has 3 aromatic rings. The highest BCUT2D eigenvalue weighted by Gasteiger charge is 2.33. The molecule has 1 aromatic heterocycles. The highest BCUT2D eigenvalue weighted by atomic mass is 35.5. The van der Waals surface area contributed by atoms with E-state index in [9.17, 15) is 32.0 Å². The Kier molecular flexibility index (Phi) is 12.1. The van der Waals surface area contributed by atoms with Crippen LogP contribution in [0, 0.1) is 11.1 Å². The SMILES string of the molecule is CS(=O)(=O)N(CCN1CCOCC1)c1ccc2c(c1)CC(=O)N2CC(=O)OC(Cc1c(Cl)c[n+]([O-])cc1Cl)c1ccc(OC(F)F)c(OCC2CC2)c1. The van der Waals surface area contributed by atoms with Crippen molar-refractivity contribution in [2.24, 2.45) is 5.92 Å². The fourth-order valence-electron chi connectivity index (χ4n) is 6.23. The van der Waals surface area contributed by atoms with E-state index < -0.39 is 41.2 Å². The number of aromatic nitrogens is 1. The number of pyridine rings is 1. The zero-order chi connectivity index (χ0) is 37.9. The number of esters is 1. The molecule has 13 nitrogen and oxygen atoms in total. The van der Waals surface area contributed by atoms with Crippen molar-refractivity contribution in [2.45, 2.75) is 38.4 Å². The molecule has 3 aliphatic rings. The zero-order valence-corrected chi connectivity index (χ0v) is 31.0. The van der Waals surface area contributed by atoms with Crippen molar-refractivity contribution in [3.05, 3.63) is 80.7 Å². The van der Waals surface area contributed by atoms with Gasteiger partial charge in [-0.15, -0.1) is 0 Å². The largest absolute Gasteiger partial charge is 0.619 e. The molecule has 1 aliphatic carbocycles. The smallest absolute Gasteiger partial charge is 0.387 e. The normalized spacial score (nSPS) is 16.8. The van der Waals surface area contributed by atoms with Gasteiger partial charge in [-0.1, -0.05) is 29.3 Å². The summed E-state index contributed by atoms with van der Waals surface area (Å²) in [5.74, 6) is -1.12. The van der Waals surface area contributed by atoms with Crippen molar-refractivity contribution in [3.8, 4) is 11.5 Å². The van der Waals surface area contributed by atoms with Crippen molar-refractivity contribution in [1.29, 1.82) is 0 Å². The average Bonchev–Trinajstić information content (AvgIpc) is 3.87. The summed E-state index contributed by atoms with van der Waals surface area (Å²) in [6, 6.07) is 8.97. The molecule has 1 atom stereocenters. The second kappa shape index (κ2) is 16.6. The molecule has 3 heterocycles. The van der Waals surface area contributed by atoms with Crippen LogP contribution >= 0.6 is 23.2 Å². The molecule has 286 valence electrons. The predicted octanol–water partition coefficient (Wildman–Crippen LogP) is 4.53. The number of alkyl halides is 2. The first-order valence-electron chi connectivity index (χ1n) is 16.9. The molecule has 2 aromatic carbocycles. The van der Waals surface area contributed by atoms with E-state index in [1.807, 2.05) is 0 Å². The molecule has 18 heteroatoms. The summed E-state index contributed by atoms with van der Waals surface area (Å²) in [5, 5.41) is 11.9. The van der Waals surface area contributed by atoms with Gasteiger partial charge in [0.25, 0.3) is 0 Å². The Hall–Kier alpha value is -3.96.